The summed E-state index contributed by atoms with van der Waals surface area (Å²) in [5.74, 6) is 0.816. The van der Waals surface area contributed by atoms with Gasteiger partial charge in [-0.3, -0.25) is 4.79 Å². The van der Waals surface area contributed by atoms with Crippen molar-refractivity contribution in [2.75, 3.05) is 32.2 Å². The highest BCUT2D eigenvalue weighted by Gasteiger charge is 2.18. The van der Waals surface area contributed by atoms with Crippen molar-refractivity contribution in [2.45, 2.75) is 0 Å². The van der Waals surface area contributed by atoms with Crippen molar-refractivity contribution in [3.05, 3.63) is 78.4 Å². The molecule has 0 spiro atoms. The second-order valence-electron chi connectivity index (χ2n) is 7.78. The molecule has 8 nitrogen and oxygen atoms in total. The van der Waals surface area contributed by atoms with Crippen molar-refractivity contribution in [1.82, 2.24) is 4.98 Å². The number of nitrogens with zero attached hydrogens (tertiary/aromatic N) is 1. The smallest absolute Gasteiger partial charge is 0.339 e. The molecule has 3 aromatic carbocycles. The Kier molecular flexibility index (Phi) is 6.17. The van der Waals surface area contributed by atoms with Crippen molar-refractivity contribution in [2.24, 2.45) is 0 Å². The Morgan fingerprint density at radius 2 is 1.71 bits per heavy atom. The van der Waals surface area contributed by atoms with Crippen LogP contribution in [0.1, 0.15) is 10.4 Å². The van der Waals surface area contributed by atoms with E-state index in [1.165, 1.54) is 0 Å². The Morgan fingerprint density at radius 3 is 2.51 bits per heavy atom. The summed E-state index contributed by atoms with van der Waals surface area (Å²) in [6, 6.07) is 21.4. The number of carbonyl (C=O) groups excluding carboxylic acids is 2. The highest BCUT2D eigenvalue weighted by Crippen LogP contribution is 2.32. The number of nitrogens with one attached hydrogen (secondary N) is 1. The van der Waals surface area contributed by atoms with Crippen LogP contribution in [-0.4, -0.2) is 43.8 Å². The fourth-order valence-electron chi connectivity index (χ4n) is 3.78. The van der Waals surface area contributed by atoms with Gasteiger partial charge in [-0.2, -0.15) is 0 Å². The van der Waals surface area contributed by atoms with E-state index in [0.717, 1.165) is 11.3 Å². The first-order valence-electron chi connectivity index (χ1n) is 11.0. The highest BCUT2D eigenvalue weighted by molar-refractivity contribution is 6.05. The van der Waals surface area contributed by atoms with Gasteiger partial charge in [0.25, 0.3) is 5.91 Å². The van der Waals surface area contributed by atoms with Gasteiger partial charge in [0, 0.05) is 22.7 Å². The van der Waals surface area contributed by atoms with Gasteiger partial charge in [-0.25, -0.2) is 9.78 Å². The zero-order valence-corrected chi connectivity index (χ0v) is 18.9. The van der Waals surface area contributed by atoms with Crippen LogP contribution in [0.15, 0.2) is 72.8 Å². The van der Waals surface area contributed by atoms with E-state index >= 15 is 0 Å². The van der Waals surface area contributed by atoms with Crippen molar-refractivity contribution in [3.63, 3.8) is 0 Å². The average molecular weight is 470 g/mol. The van der Waals surface area contributed by atoms with Crippen LogP contribution in [-0.2, 0) is 9.53 Å². The van der Waals surface area contributed by atoms with Gasteiger partial charge in [-0.15, -0.1) is 0 Å². The molecular formula is C27H22N2O6. The molecule has 1 aromatic heterocycles. The van der Waals surface area contributed by atoms with Crippen LogP contribution < -0.4 is 19.5 Å². The number of fused-ring (bicyclic) bond motifs is 2. The molecule has 0 radical (unpaired) electrons. The summed E-state index contributed by atoms with van der Waals surface area (Å²) in [7, 11) is 1.60. The average Bonchev–Trinajstić information content (AvgIpc) is 2.91. The Bertz CT molecular complexity index is 1400. The zero-order valence-electron chi connectivity index (χ0n) is 18.9. The Balaban J connectivity index is 1.33. The molecule has 1 amide bonds. The first kappa shape index (κ1) is 22.2. The number of carbonyl (C=O) groups is 2. The minimum absolute atomic E-state index is 0.327. The maximum absolute atomic E-state index is 13.0. The molecule has 0 saturated carbocycles. The molecule has 0 unspecified atom stereocenters. The van der Waals surface area contributed by atoms with Crippen molar-refractivity contribution >= 4 is 28.5 Å². The number of anilines is 1. The predicted octanol–water partition coefficient (Wildman–Crippen LogP) is 4.48. The number of pyridine rings is 1. The van der Waals surface area contributed by atoms with Crippen LogP contribution in [0.25, 0.3) is 22.2 Å². The molecule has 1 N–H and O–H groups in total. The number of rotatable bonds is 6. The third kappa shape index (κ3) is 4.86. The molecule has 0 atom stereocenters. The summed E-state index contributed by atoms with van der Waals surface area (Å²) in [5.41, 5.74) is 2.93. The number of amides is 1. The lowest BCUT2D eigenvalue weighted by molar-refractivity contribution is -0.119. The number of aromatic nitrogens is 1. The van der Waals surface area contributed by atoms with E-state index in [1.54, 1.807) is 37.4 Å². The second kappa shape index (κ2) is 9.72. The number of esters is 1. The van der Waals surface area contributed by atoms with Gasteiger partial charge in [-0.1, -0.05) is 18.2 Å². The van der Waals surface area contributed by atoms with E-state index < -0.39 is 18.5 Å². The summed E-state index contributed by atoms with van der Waals surface area (Å²) in [5, 5.41) is 3.35. The van der Waals surface area contributed by atoms with Gasteiger partial charge in [0.15, 0.2) is 18.1 Å². The fraction of sp³-hybridized carbons (Fsp3) is 0.148. The molecule has 4 aromatic rings. The number of benzene rings is 3. The van der Waals surface area contributed by atoms with E-state index in [0.29, 0.717) is 52.6 Å². The largest absolute Gasteiger partial charge is 0.497 e. The maximum Gasteiger partial charge on any atom is 0.339 e. The zero-order chi connectivity index (χ0) is 24.2. The number of hydrogen-bond acceptors (Lipinski definition) is 7. The minimum Gasteiger partial charge on any atom is -0.497 e. The first-order valence-corrected chi connectivity index (χ1v) is 11.0. The van der Waals surface area contributed by atoms with Gasteiger partial charge >= 0.3 is 5.97 Å². The van der Waals surface area contributed by atoms with Crippen molar-refractivity contribution in [1.29, 1.82) is 0 Å². The Morgan fingerprint density at radius 1 is 0.943 bits per heavy atom. The van der Waals surface area contributed by atoms with Gasteiger partial charge in [0.2, 0.25) is 0 Å². The molecule has 0 fully saturated rings. The van der Waals surface area contributed by atoms with E-state index in [2.05, 4.69) is 10.3 Å². The van der Waals surface area contributed by atoms with Crippen LogP contribution in [0.3, 0.4) is 0 Å². The summed E-state index contributed by atoms with van der Waals surface area (Å²) >= 11 is 0. The lowest BCUT2D eigenvalue weighted by atomic mass is 10.0. The molecule has 8 heteroatoms. The summed E-state index contributed by atoms with van der Waals surface area (Å²) < 4.78 is 21.6. The highest BCUT2D eigenvalue weighted by atomic mass is 16.6. The summed E-state index contributed by atoms with van der Waals surface area (Å²) in [4.78, 5) is 30.1. The van der Waals surface area contributed by atoms with E-state index in [4.69, 9.17) is 18.9 Å². The van der Waals surface area contributed by atoms with Crippen LogP contribution in [0.2, 0.25) is 0 Å². The number of ether oxygens (including phenoxy) is 4. The quantitative estimate of drug-likeness (QED) is 0.415. The first-order chi connectivity index (χ1) is 17.1. The molecule has 2 heterocycles. The molecule has 0 bridgehead atoms. The van der Waals surface area contributed by atoms with Crippen molar-refractivity contribution < 1.29 is 28.5 Å². The minimum atomic E-state index is -0.615. The maximum atomic E-state index is 13.0. The van der Waals surface area contributed by atoms with Crippen molar-refractivity contribution in [3.8, 4) is 28.5 Å². The molecule has 0 saturated heterocycles. The lowest BCUT2D eigenvalue weighted by Gasteiger charge is -2.19. The normalized spacial score (nSPS) is 12.1. The van der Waals surface area contributed by atoms with Gasteiger partial charge < -0.3 is 24.3 Å². The van der Waals surface area contributed by atoms with Gasteiger partial charge in [0.1, 0.15) is 19.0 Å². The number of hydrogen-bond donors (Lipinski definition) is 1. The van der Waals surface area contributed by atoms with Crippen LogP contribution >= 0.6 is 0 Å². The SMILES string of the molecule is COc1ccc(-c2cc(C(=O)OCC(=O)Nc3ccc4c(c3)OCCO4)c3ccccc3n2)cc1. The monoisotopic (exact) mass is 470 g/mol. The molecule has 1 aliphatic rings. The molecule has 1 aliphatic heterocycles. The predicted molar refractivity (Wildman–Crippen MR) is 130 cm³/mol. The van der Waals surface area contributed by atoms with E-state index in [-0.39, 0.29) is 0 Å². The molecular weight excluding hydrogens is 448 g/mol. The number of methoxy groups -OCH3 is 1. The van der Waals surface area contributed by atoms with Crippen LogP contribution in [0.5, 0.6) is 17.2 Å². The second-order valence-corrected chi connectivity index (χ2v) is 7.78. The summed E-state index contributed by atoms with van der Waals surface area (Å²) in [6.07, 6.45) is 0. The Hall–Kier alpha value is -4.59. The molecule has 0 aliphatic carbocycles. The van der Waals surface area contributed by atoms with Gasteiger partial charge in [-0.05, 0) is 48.5 Å². The fourth-order valence-corrected chi connectivity index (χ4v) is 3.78. The lowest BCUT2D eigenvalue weighted by Crippen LogP contribution is -2.21. The molecule has 5 rings (SSSR count). The van der Waals surface area contributed by atoms with Crippen LogP contribution in [0.4, 0.5) is 5.69 Å². The third-order valence-corrected chi connectivity index (χ3v) is 5.48. The topological polar surface area (TPSA) is 96.0 Å². The standard InChI is InChI=1S/C27H22N2O6/c1-32-19-9-6-17(7-10-19)23-15-21(20-4-2-3-5-22(20)29-23)27(31)35-16-26(30)28-18-8-11-24-25(14-18)34-13-12-33-24/h2-11,14-15H,12-13,16H2,1H3,(H,28,30). The van der Waals surface area contributed by atoms with E-state index in [1.807, 2.05) is 42.5 Å². The Labute approximate surface area is 201 Å². The van der Waals surface area contributed by atoms with Gasteiger partial charge in [0.05, 0.1) is 23.9 Å². The third-order valence-electron chi connectivity index (χ3n) is 5.48. The summed E-state index contributed by atoms with van der Waals surface area (Å²) in [6.45, 7) is 0.487. The van der Waals surface area contributed by atoms with Crippen LogP contribution in [0, 0.1) is 0 Å². The molecule has 35 heavy (non-hydrogen) atoms. The number of para-hydroxylation sites is 1. The molecule has 176 valence electrons. The van der Waals surface area contributed by atoms with E-state index in [9.17, 15) is 9.59 Å².